The largest absolute Gasteiger partial charge is 0.323 e. The zero-order valence-electron chi connectivity index (χ0n) is 11.7. The minimum atomic E-state index is -0.811. The molecule has 1 aromatic carbocycles. The summed E-state index contributed by atoms with van der Waals surface area (Å²) in [5.41, 5.74) is 6.87. The lowest BCUT2D eigenvalue weighted by molar-refractivity contribution is 0.174. The van der Waals surface area contributed by atoms with Gasteiger partial charge in [0.15, 0.2) is 11.6 Å². The van der Waals surface area contributed by atoms with E-state index in [9.17, 15) is 8.78 Å². The van der Waals surface area contributed by atoms with Crippen LogP contribution in [0.3, 0.4) is 0 Å². The van der Waals surface area contributed by atoms with E-state index in [2.05, 4.69) is 4.90 Å². The number of nitrogens with zero attached hydrogens (tertiary/aromatic N) is 1. The first-order chi connectivity index (χ1) is 9.65. The number of hydrogen-bond donors (Lipinski definition) is 1. The van der Waals surface area contributed by atoms with Gasteiger partial charge in [-0.25, -0.2) is 8.78 Å². The standard InChI is InChI=1S/C16H22F2N2/c17-13-6-5-12(9-14(13)18)15(19)10-20-8-7-11-3-1-2-4-16(11)20/h5-6,9,11,15-16H,1-4,7-8,10,19H2. The monoisotopic (exact) mass is 280 g/mol. The van der Waals surface area contributed by atoms with Gasteiger partial charge in [0.2, 0.25) is 0 Å². The molecule has 20 heavy (non-hydrogen) atoms. The van der Waals surface area contributed by atoms with Crippen molar-refractivity contribution in [1.29, 1.82) is 0 Å². The topological polar surface area (TPSA) is 29.3 Å². The molecule has 1 aliphatic heterocycles. The molecule has 3 unspecified atom stereocenters. The Bertz CT molecular complexity index is 478. The van der Waals surface area contributed by atoms with Gasteiger partial charge in [-0.1, -0.05) is 18.9 Å². The summed E-state index contributed by atoms with van der Waals surface area (Å²) in [6.45, 7) is 1.83. The van der Waals surface area contributed by atoms with Crippen LogP contribution in [-0.2, 0) is 0 Å². The Hall–Kier alpha value is -1.00. The number of hydrogen-bond acceptors (Lipinski definition) is 2. The summed E-state index contributed by atoms with van der Waals surface area (Å²) in [7, 11) is 0. The predicted octanol–water partition coefficient (Wildman–Crippen LogP) is 3.23. The van der Waals surface area contributed by atoms with Gasteiger partial charge in [0.1, 0.15) is 0 Å². The van der Waals surface area contributed by atoms with Crippen molar-refractivity contribution in [2.24, 2.45) is 11.7 Å². The molecular formula is C16H22F2N2. The van der Waals surface area contributed by atoms with Gasteiger partial charge in [-0.15, -0.1) is 0 Å². The summed E-state index contributed by atoms with van der Waals surface area (Å²) in [6, 6.07) is 4.40. The summed E-state index contributed by atoms with van der Waals surface area (Å²) in [6.07, 6.45) is 6.51. The van der Waals surface area contributed by atoms with Crippen LogP contribution in [0.4, 0.5) is 8.78 Å². The molecule has 110 valence electrons. The van der Waals surface area contributed by atoms with Crippen LogP contribution in [0.5, 0.6) is 0 Å². The fourth-order valence-electron chi connectivity index (χ4n) is 3.83. The van der Waals surface area contributed by atoms with E-state index < -0.39 is 11.6 Å². The quantitative estimate of drug-likeness (QED) is 0.921. The maximum absolute atomic E-state index is 13.3. The molecule has 0 aromatic heterocycles. The van der Waals surface area contributed by atoms with E-state index in [1.54, 1.807) is 6.07 Å². The fourth-order valence-corrected chi connectivity index (χ4v) is 3.83. The Labute approximate surface area is 118 Å². The Morgan fingerprint density at radius 1 is 1.15 bits per heavy atom. The Kier molecular flexibility index (Phi) is 4.03. The van der Waals surface area contributed by atoms with Crippen molar-refractivity contribution in [3.63, 3.8) is 0 Å². The third kappa shape index (κ3) is 2.72. The van der Waals surface area contributed by atoms with Crippen molar-refractivity contribution in [3.8, 4) is 0 Å². The smallest absolute Gasteiger partial charge is 0.159 e. The van der Waals surface area contributed by atoms with Crippen molar-refractivity contribution in [2.45, 2.75) is 44.2 Å². The highest BCUT2D eigenvalue weighted by Gasteiger charge is 2.36. The predicted molar refractivity (Wildman–Crippen MR) is 75.2 cm³/mol. The number of halogens is 2. The third-order valence-electron chi connectivity index (χ3n) is 4.93. The highest BCUT2D eigenvalue weighted by Crippen LogP contribution is 2.36. The zero-order valence-corrected chi connectivity index (χ0v) is 11.7. The van der Waals surface area contributed by atoms with Crippen molar-refractivity contribution in [1.82, 2.24) is 4.90 Å². The van der Waals surface area contributed by atoms with Gasteiger partial charge in [-0.2, -0.15) is 0 Å². The lowest BCUT2D eigenvalue weighted by Gasteiger charge is -2.33. The van der Waals surface area contributed by atoms with Gasteiger partial charge in [0.05, 0.1) is 0 Å². The maximum atomic E-state index is 13.3. The van der Waals surface area contributed by atoms with Crippen molar-refractivity contribution in [2.75, 3.05) is 13.1 Å². The minimum absolute atomic E-state index is 0.245. The third-order valence-corrected chi connectivity index (χ3v) is 4.93. The number of nitrogens with two attached hydrogens (primary N) is 1. The van der Waals surface area contributed by atoms with Crippen LogP contribution in [0.2, 0.25) is 0 Å². The molecule has 2 N–H and O–H groups in total. The molecule has 0 spiro atoms. The summed E-state index contributed by atoms with van der Waals surface area (Å²) in [4.78, 5) is 2.45. The molecule has 2 nitrogen and oxygen atoms in total. The van der Waals surface area contributed by atoms with Crippen molar-refractivity contribution < 1.29 is 8.78 Å². The molecule has 1 saturated heterocycles. The molecular weight excluding hydrogens is 258 g/mol. The molecule has 4 heteroatoms. The van der Waals surface area contributed by atoms with Crippen molar-refractivity contribution >= 4 is 0 Å². The second-order valence-corrected chi connectivity index (χ2v) is 6.18. The van der Waals surface area contributed by atoms with Crippen LogP contribution in [0.15, 0.2) is 18.2 Å². The summed E-state index contributed by atoms with van der Waals surface area (Å²) < 4.78 is 26.2. The molecule has 0 radical (unpaired) electrons. The van der Waals surface area contributed by atoms with E-state index >= 15 is 0 Å². The molecule has 1 saturated carbocycles. The second kappa shape index (κ2) is 5.78. The Morgan fingerprint density at radius 2 is 1.95 bits per heavy atom. The van der Waals surface area contributed by atoms with Gasteiger partial charge < -0.3 is 5.73 Å². The molecule has 0 amide bonds. The van der Waals surface area contributed by atoms with E-state index in [1.165, 1.54) is 38.2 Å². The average Bonchev–Trinajstić information content (AvgIpc) is 2.85. The number of benzene rings is 1. The molecule has 1 heterocycles. The minimum Gasteiger partial charge on any atom is -0.323 e. The van der Waals surface area contributed by atoms with E-state index in [1.807, 2.05) is 0 Å². The Morgan fingerprint density at radius 3 is 2.75 bits per heavy atom. The molecule has 2 aliphatic rings. The summed E-state index contributed by atoms with van der Waals surface area (Å²) in [5.74, 6) is -0.801. The average molecular weight is 280 g/mol. The van der Waals surface area contributed by atoms with Crippen LogP contribution >= 0.6 is 0 Å². The second-order valence-electron chi connectivity index (χ2n) is 6.18. The molecule has 0 bridgehead atoms. The normalized spacial score (nSPS) is 28.4. The fraction of sp³-hybridized carbons (Fsp3) is 0.625. The van der Waals surface area contributed by atoms with Crippen molar-refractivity contribution in [3.05, 3.63) is 35.4 Å². The lowest BCUT2D eigenvalue weighted by Crippen LogP contribution is -2.39. The van der Waals surface area contributed by atoms with Gasteiger partial charge >= 0.3 is 0 Å². The van der Waals surface area contributed by atoms with E-state index in [-0.39, 0.29) is 6.04 Å². The Balaban J connectivity index is 1.66. The van der Waals surface area contributed by atoms with Crippen LogP contribution in [0.1, 0.15) is 43.7 Å². The highest BCUT2D eigenvalue weighted by atomic mass is 19.2. The highest BCUT2D eigenvalue weighted by molar-refractivity contribution is 5.21. The van der Waals surface area contributed by atoms with Crippen LogP contribution in [-0.4, -0.2) is 24.0 Å². The lowest BCUT2D eigenvalue weighted by atomic mass is 9.85. The van der Waals surface area contributed by atoms with Gasteiger partial charge in [0, 0.05) is 18.6 Å². The van der Waals surface area contributed by atoms with Crippen LogP contribution < -0.4 is 5.73 Å². The maximum Gasteiger partial charge on any atom is 0.159 e. The number of rotatable bonds is 3. The SMILES string of the molecule is NC(CN1CCC2CCCCC21)c1ccc(F)c(F)c1. The van der Waals surface area contributed by atoms with E-state index in [4.69, 9.17) is 5.73 Å². The molecule has 2 fully saturated rings. The zero-order chi connectivity index (χ0) is 14.1. The molecule has 3 rings (SSSR count). The molecule has 1 aliphatic carbocycles. The van der Waals surface area contributed by atoms with E-state index in [0.717, 1.165) is 25.1 Å². The molecule has 1 aromatic rings. The van der Waals surface area contributed by atoms with Gasteiger partial charge in [-0.05, 0) is 49.4 Å². The molecule has 3 atom stereocenters. The van der Waals surface area contributed by atoms with Gasteiger partial charge in [-0.3, -0.25) is 4.90 Å². The first kappa shape index (κ1) is 14.0. The number of fused-ring (bicyclic) bond motifs is 1. The summed E-state index contributed by atoms with van der Waals surface area (Å²) >= 11 is 0. The van der Waals surface area contributed by atoms with Crippen LogP contribution in [0.25, 0.3) is 0 Å². The van der Waals surface area contributed by atoms with Crippen LogP contribution in [0, 0.1) is 17.6 Å². The van der Waals surface area contributed by atoms with Gasteiger partial charge in [0.25, 0.3) is 0 Å². The summed E-state index contributed by atoms with van der Waals surface area (Å²) in [5, 5.41) is 0. The van der Waals surface area contributed by atoms with E-state index in [0.29, 0.717) is 11.6 Å². The first-order valence-electron chi connectivity index (χ1n) is 7.59. The number of likely N-dealkylation sites (tertiary alicyclic amines) is 1. The first-order valence-corrected chi connectivity index (χ1v) is 7.59.